The summed E-state index contributed by atoms with van der Waals surface area (Å²) in [6, 6.07) is 4.52. The van der Waals surface area contributed by atoms with E-state index in [0.717, 1.165) is 6.54 Å². The third-order valence-corrected chi connectivity index (χ3v) is 7.00. The van der Waals surface area contributed by atoms with Crippen LogP contribution in [-0.2, 0) is 9.84 Å². The Balaban J connectivity index is 1.72. The summed E-state index contributed by atoms with van der Waals surface area (Å²) in [7, 11) is -3.20. The van der Waals surface area contributed by atoms with Crippen molar-refractivity contribution in [2.24, 2.45) is 0 Å². The van der Waals surface area contributed by atoms with Crippen LogP contribution in [0.2, 0.25) is 0 Å². The number of likely N-dealkylation sites (N-methyl/N-ethyl adjacent to an activating group) is 1. The van der Waals surface area contributed by atoms with E-state index in [9.17, 15) is 18.0 Å². The molecule has 0 bridgehead atoms. The highest BCUT2D eigenvalue weighted by Crippen LogP contribution is 2.27. The van der Waals surface area contributed by atoms with Gasteiger partial charge in [-0.1, -0.05) is 13.0 Å². The molecular formula is C17H20N4O4S. The fourth-order valence-corrected chi connectivity index (χ4v) is 6.01. The van der Waals surface area contributed by atoms with Crippen LogP contribution in [0.4, 0.5) is 0 Å². The molecule has 2 aromatic heterocycles. The standard InChI is InChI=1S/C17H20N4O4S/c1-2-19-7-8-20(14-11-26(24,25)10-13(14)19)16(22)12-9-18-15-5-3-4-6-21(15)17(12)23/h3-6,9,13-14H,2,7-8,10-11H2,1H3/t13-,14+/m1/s1. The predicted molar refractivity (Wildman–Crippen MR) is 96.0 cm³/mol. The summed E-state index contributed by atoms with van der Waals surface area (Å²) in [5.74, 6) is -0.435. The van der Waals surface area contributed by atoms with Crippen LogP contribution < -0.4 is 5.56 Å². The van der Waals surface area contributed by atoms with Gasteiger partial charge in [0.1, 0.15) is 11.2 Å². The highest BCUT2D eigenvalue weighted by atomic mass is 32.2. The van der Waals surface area contributed by atoms with Gasteiger partial charge in [0.15, 0.2) is 9.84 Å². The van der Waals surface area contributed by atoms with Crippen LogP contribution in [0.5, 0.6) is 0 Å². The normalized spacial score (nSPS) is 25.3. The Morgan fingerprint density at radius 2 is 2.00 bits per heavy atom. The van der Waals surface area contributed by atoms with Gasteiger partial charge in [0, 0.05) is 31.5 Å². The SMILES string of the molecule is CCN1CCN(C(=O)c2cnc3ccccn3c2=O)[C@H]2CS(=O)(=O)C[C@H]21. The summed E-state index contributed by atoms with van der Waals surface area (Å²) >= 11 is 0. The Kier molecular flexibility index (Phi) is 4.07. The van der Waals surface area contributed by atoms with Crippen molar-refractivity contribution >= 4 is 21.4 Å². The Morgan fingerprint density at radius 3 is 2.77 bits per heavy atom. The van der Waals surface area contributed by atoms with Crippen molar-refractivity contribution in [3.05, 3.63) is 46.5 Å². The van der Waals surface area contributed by atoms with E-state index in [1.165, 1.54) is 10.6 Å². The van der Waals surface area contributed by atoms with Crippen molar-refractivity contribution in [1.82, 2.24) is 19.2 Å². The minimum Gasteiger partial charge on any atom is -0.332 e. The quantitative estimate of drug-likeness (QED) is 0.711. The second-order valence-electron chi connectivity index (χ2n) is 6.74. The Hall–Kier alpha value is -2.26. The van der Waals surface area contributed by atoms with Crippen molar-refractivity contribution in [2.45, 2.75) is 19.0 Å². The molecule has 26 heavy (non-hydrogen) atoms. The van der Waals surface area contributed by atoms with Crippen LogP contribution in [-0.4, -0.2) is 76.7 Å². The molecule has 0 aliphatic carbocycles. The number of hydrogen-bond acceptors (Lipinski definition) is 6. The first-order valence-corrected chi connectivity index (χ1v) is 10.5. The van der Waals surface area contributed by atoms with Crippen LogP contribution in [0, 0.1) is 0 Å². The molecule has 2 aromatic rings. The van der Waals surface area contributed by atoms with E-state index in [4.69, 9.17) is 0 Å². The zero-order valence-electron chi connectivity index (χ0n) is 14.4. The molecular weight excluding hydrogens is 356 g/mol. The van der Waals surface area contributed by atoms with E-state index in [-0.39, 0.29) is 23.1 Å². The third-order valence-electron chi connectivity index (χ3n) is 5.30. The number of nitrogens with zero attached hydrogens (tertiary/aromatic N) is 4. The van der Waals surface area contributed by atoms with E-state index in [2.05, 4.69) is 9.88 Å². The number of hydrogen-bond donors (Lipinski definition) is 0. The van der Waals surface area contributed by atoms with Gasteiger partial charge in [-0.2, -0.15) is 0 Å². The van der Waals surface area contributed by atoms with Gasteiger partial charge in [0.25, 0.3) is 11.5 Å². The maximum absolute atomic E-state index is 13.1. The summed E-state index contributed by atoms with van der Waals surface area (Å²) < 4.78 is 25.7. The lowest BCUT2D eigenvalue weighted by molar-refractivity contribution is 0.0347. The zero-order valence-corrected chi connectivity index (χ0v) is 15.2. The summed E-state index contributed by atoms with van der Waals surface area (Å²) in [5.41, 5.74) is 0.00351. The summed E-state index contributed by atoms with van der Waals surface area (Å²) in [5, 5.41) is 0. The summed E-state index contributed by atoms with van der Waals surface area (Å²) in [4.78, 5) is 33.6. The van der Waals surface area contributed by atoms with Crippen LogP contribution in [0.15, 0.2) is 35.4 Å². The maximum Gasteiger partial charge on any atom is 0.270 e. The van der Waals surface area contributed by atoms with Crippen molar-refractivity contribution in [2.75, 3.05) is 31.1 Å². The Morgan fingerprint density at radius 1 is 1.23 bits per heavy atom. The largest absolute Gasteiger partial charge is 0.332 e. The number of carbonyl (C=O) groups is 1. The first kappa shape index (κ1) is 17.2. The molecule has 4 heterocycles. The van der Waals surface area contributed by atoms with Crippen molar-refractivity contribution in [3.8, 4) is 0 Å². The maximum atomic E-state index is 13.1. The lowest BCUT2D eigenvalue weighted by Gasteiger charge is -2.43. The number of pyridine rings is 1. The van der Waals surface area contributed by atoms with E-state index in [1.807, 2.05) is 6.92 Å². The van der Waals surface area contributed by atoms with E-state index in [0.29, 0.717) is 18.7 Å². The number of aromatic nitrogens is 2. The molecule has 2 aliphatic rings. The zero-order chi connectivity index (χ0) is 18.5. The lowest BCUT2D eigenvalue weighted by Crippen LogP contribution is -2.60. The molecule has 0 radical (unpaired) electrons. The Labute approximate surface area is 151 Å². The third kappa shape index (κ3) is 2.71. The van der Waals surface area contributed by atoms with Crippen molar-refractivity contribution < 1.29 is 13.2 Å². The fraction of sp³-hybridized carbons (Fsp3) is 0.471. The highest BCUT2D eigenvalue weighted by molar-refractivity contribution is 7.91. The fourth-order valence-electron chi connectivity index (χ4n) is 4.00. The molecule has 138 valence electrons. The van der Waals surface area contributed by atoms with Crippen LogP contribution in [0.3, 0.4) is 0 Å². The smallest absolute Gasteiger partial charge is 0.270 e. The summed E-state index contributed by atoms with van der Waals surface area (Å²) in [6.45, 7) is 3.72. The minimum absolute atomic E-state index is 0.0262. The van der Waals surface area contributed by atoms with Crippen LogP contribution >= 0.6 is 0 Å². The monoisotopic (exact) mass is 376 g/mol. The number of carbonyl (C=O) groups excluding carboxylic acids is 1. The highest BCUT2D eigenvalue weighted by Gasteiger charge is 2.47. The second kappa shape index (κ2) is 6.17. The van der Waals surface area contributed by atoms with Gasteiger partial charge in [-0.15, -0.1) is 0 Å². The molecule has 0 N–H and O–H groups in total. The van der Waals surface area contributed by atoms with Crippen molar-refractivity contribution in [3.63, 3.8) is 0 Å². The molecule has 2 saturated heterocycles. The van der Waals surface area contributed by atoms with Gasteiger partial charge >= 0.3 is 0 Å². The van der Waals surface area contributed by atoms with Gasteiger partial charge in [-0.25, -0.2) is 13.4 Å². The Bertz CT molecular complexity index is 1030. The molecule has 0 aromatic carbocycles. The van der Waals surface area contributed by atoms with Gasteiger partial charge < -0.3 is 4.90 Å². The summed E-state index contributed by atoms with van der Waals surface area (Å²) in [6.07, 6.45) is 2.87. The number of fused-ring (bicyclic) bond motifs is 2. The number of piperazine rings is 1. The molecule has 9 heteroatoms. The molecule has 0 saturated carbocycles. The molecule has 1 amide bonds. The predicted octanol–water partition coefficient (Wildman–Crippen LogP) is -0.362. The molecule has 4 rings (SSSR count). The second-order valence-corrected chi connectivity index (χ2v) is 8.90. The number of rotatable bonds is 2. The molecule has 8 nitrogen and oxygen atoms in total. The average molecular weight is 376 g/mol. The van der Waals surface area contributed by atoms with E-state index < -0.39 is 27.3 Å². The molecule has 2 atom stereocenters. The topological polar surface area (TPSA) is 92.1 Å². The van der Waals surface area contributed by atoms with Crippen molar-refractivity contribution in [1.29, 1.82) is 0 Å². The van der Waals surface area contributed by atoms with Crippen LogP contribution in [0.25, 0.3) is 5.65 Å². The van der Waals surface area contributed by atoms with E-state index >= 15 is 0 Å². The minimum atomic E-state index is -3.20. The molecule has 0 unspecified atom stereocenters. The van der Waals surface area contributed by atoms with Gasteiger partial charge in [-0.05, 0) is 18.7 Å². The van der Waals surface area contributed by atoms with Gasteiger partial charge in [0.2, 0.25) is 0 Å². The number of sulfone groups is 1. The lowest BCUT2D eigenvalue weighted by atomic mass is 10.0. The van der Waals surface area contributed by atoms with Gasteiger partial charge in [-0.3, -0.25) is 18.9 Å². The molecule has 2 fully saturated rings. The van der Waals surface area contributed by atoms with Crippen LogP contribution in [0.1, 0.15) is 17.3 Å². The first-order chi connectivity index (χ1) is 12.4. The van der Waals surface area contributed by atoms with Gasteiger partial charge in [0.05, 0.1) is 17.5 Å². The average Bonchev–Trinajstić information content (AvgIpc) is 2.95. The number of amides is 1. The molecule has 2 aliphatic heterocycles. The first-order valence-electron chi connectivity index (χ1n) is 8.63. The van der Waals surface area contributed by atoms with E-state index in [1.54, 1.807) is 29.3 Å². The molecule has 0 spiro atoms.